The molecule has 2 rings (SSSR count). The van der Waals surface area contributed by atoms with Crippen molar-refractivity contribution >= 4 is 28.9 Å². The third-order valence-electron chi connectivity index (χ3n) is 3.19. The third kappa shape index (κ3) is 6.88. The maximum absolute atomic E-state index is 12.9. The molecule has 0 spiro atoms. The van der Waals surface area contributed by atoms with Gasteiger partial charge in [-0.05, 0) is 38.1 Å². The minimum Gasteiger partial charge on any atom is -0.357 e. The molecule has 3 N–H and O–H groups in total. The van der Waals surface area contributed by atoms with E-state index < -0.39 is 0 Å². The molecule has 0 saturated carbocycles. The molecule has 0 radical (unpaired) electrons. The summed E-state index contributed by atoms with van der Waals surface area (Å²) in [6.45, 7) is 5.28. The van der Waals surface area contributed by atoms with Crippen molar-refractivity contribution in [2.75, 3.05) is 25.0 Å². The summed E-state index contributed by atoms with van der Waals surface area (Å²) in [5.41, 5.74) is 1.58. The molecular weight excluding hydrogens is 341 g/mol. The fraction of sp³-hybridized carbons (Fsp3) is 0.353. The number of benzene rings is 1. The van der Waals surface area contributed by atoms with E-state index in [4.69, 9.17) is 0 Å². The summed E-state index contributed by atoms with van der Waals surface area (Å²) >= 11 is 1.63. The maximum Gasteiger partial charge on any atom is 0.246 e. The summed E-state index contributed by atoms with van der Waals surface area (Å²) < 4.78 is 12.9. The Balaban J connectivity index is 1.81. The van der Waals surface area contributed by atoms with Crippen molar-refractivity contribution in [3.8, 4) is 0 Å². The van der Waals surface area contributed by atoms with Crippen LogP contribution in [-0.4, -0.2) is 36.5 Å². The van der Waals surface area contributed by atoms with Gasteiger partial charge in [0.05, 0.1) is 10.7 Å². The molecule has 1 aromatic carbocycles. The molecule has 0 aliphatic carbocycles. The van der Waals surface area contributed by atoms with E-state index >= 15 is 0 Å². The lowest BCUT2D eigenvalue weighted by Gasteiger charge is -2.10. The van der Waals surface area contributed by atoms with Crippen molar-refractivity contribution in [3.05, 3.63) is 46.2 Å². The molecule has 0 aliphatic rings. The lowest BCUT2D eigenvalue weighted by Crippen LogP contribution is -2.39. The normalized spacial score (nSPS) is 11.2. The first-order chi connectivity index (χ1) is 12.1. The average molecular weight is 363 g/mol. The van der Waals surface area contributed by atoms with Gasteiger partial charge in [0.25, 0.3) is 0 Å². The Kier molecular flexibility index (Phi) is 7.34. The molecule has 8 heteroatoms. The fourth-order valence-corrected chi connectivity index (χ4v) is 2.71. The second kappa shape index (κ2) is 9.73. The van der Waals surface area contributed by atoms with Gasteiger partial charge in [-0.25, -0.2) is 14.4 Å². The van der Waals surface area contributed by atoms with Crippen LogP contribution in [0.2, 0.25) is 0 Å². The molecule has 2 aromatic rings. The van der Waals surface area contributed by atoms with E-state index in [-0.39, 0.29) is 18.3 Å². The number of anilines is 1. The van der Waals surface area contributed by atoms with Gasteiger partial charge in [0.15, 0.2) is 5.96 Å². The third-order valence-corrected chi connectivity index (χ3v) is 4.02. The van der Waals surface area contributed by atoms with Crippen LogP contribution in [0.15, 0.2) is 34.6 Å². The van der Waals surface area contributed by atoms with Gasteiger partial charge in [0, 0.05) is 30.6 Å². The van der Waals surface area contributed by atoms with Crippen molar-refractivity contribution in [1.82, 2.24) is 15.6 Å². The van der Waals surface area contributed by atoms with Crippen LogP contribution in [0.25, 0.3) is 0 Å². The van der Waals surface area contributed by atoms with Crippen LogP contribution in [0, 0.1) is 12.7 Å². The molecule has 6 nitrogen and oxygen atoms in total. The summed E-state index contributed by atoms with van der Waals surface area (Å²) in [6, 6.07) is 5.61. The van der Waals surface area contributed by atoms with Gasteiger partial charge in [-0.15, -0.1) is 11.3 Å². The van der Waals surface area contributed by atoms with Crippen molar-refractivity contribution < 1.29 is 9.18 Å². The van der Waals surface area contributed by atoms with Crippen LogP contribution in [-0.2, 0) is 11.2 Å². The van der Waals surface area contributed by atoms with E-state index in [1.54, 1.807) is 11.3 Å². The Morgan fingerprint density at radius 1 is 1.28 bits per heavy atom. The largest absolute Gasteiger partial charge is 0.357 e. The second-order valence-electron chi connectivity index (χ2n) is 5.28. The molecule has 0 unspecified atom stereocenters. The number of rotatable bonds is 7. The quantitative estimate of drug-likeness (QED) is 0.521. The van der Waals surface area contributed by atoms with E-state index in [0.717, 1.165) is 17.1 Å². The first-order valence-electron chi connectivity index (χ1n) is 8.05. The molecule has 1 amide bonds. The Morgan fingerprint density at radius 2 is 2.04 bits per heavy atom. The monoisotopic (exact) mass is 363 g/mol. The first kappa shape index (κ1) is 18.9. The van der Waals surface area contributed by atoms with Crippen LogP contribution in [0.1, 0.15) is 17.6 Å². The zero-order chi connectivity index (χ0) is 18.1. The van der Waals surface area contributed by atoms with Crippen molar-refractivity contribution in [3.63, 3.8) is 0 Å². The number of aromatic nitrogens is 1. The number of guanidine groups is 1. The van der Waals surface area contributed by atoms with Gasteiger partial charge in [-0.3, -0.25) is 4.79 Å². The number of hydrogen-bond donors (Lipinski definition) is 3. The van der Waals surface area contributed by atoms with E-state index in [1.807, 2.05) is 19.2 Å². The summed E-state index contributed by atoms with van der Waals surface area (Å²) in [4.78, 5) is 20.6. The summed E-state index contributed by atoms with van der Waals surface area (Å²) in [6.07, 6.45) is 0.788. The highest BCUT2D eigenvalue weighted by Crippen LogP contribution is 2.08. The molecule has 1 heterocycles. The van der Waals surface area contributed by atoms with Gasteiger partial charge in [0.1, 0.15) is 12.4 Å². The van der Waals surface area contributed by atoms with Gasteiger partial charge < -0.3 is 16.0 Å². The van der Waals surface area contributed by atoms with Gasteiger partial charge >= 0.3 is 0 Å². The number of aliphatic imine (C=N–C) groups is 1. The van der Waals surface area contributed by atoms with E-state index in [2.05, 4.69) is 25.9 Å². The number of carbonyl (C=O) groups is 1. The number of nitrogens with one attached hydrogen (secondary N) is 3. The maximum atomic E-state index is 12.9. The summed E-state index contributed by atoms with van der Waals surface area (Å²) in [7, 11) is 0. The molecule has 134 valence electrons. The van der Waals surface area contributed by atoms with Crippen LogP contribution in [0.3, 0.4) is 0 Å². The van der Waals surface area contributed by atoms with Crippen LogP contribution in [0.4, 0.5) is 10.1 Å². The topological polar surface area (TPSA) is 78.4 Å². The molecular formula is C17H22FN5OS. The molecule has 0 fully saturated rings. The molecule has 1 aromatic heterocycles. The highest BCUT2D eigenvalue weighted by molar-refractivity contribution is 7.09. The zero-order valence-electron chi connectivity index (χ0n) is 14.3. The summed E-state index contributed by atoms with van der Waals surface area (Å²) in [5.74, 6) is -0.0346. The van der Waals surface area contributed by atoms with Crippen LogP contribution in [0.5, 0.6) is 0 Å². The molecule has 0 aliphatic heterocycles. The molecule has 0 bridgehead atoms. The van der Waals surface area contributed by atoms with E-state index in [9.17, 15) is 9.18 Å². The number of aryl methyl sites for hydroxylation is 1. The lowest BCUT2D eigenvalue weighted by molar-refractivity contribution is -0.114. The van der Waals surface area contributed by atoms with Gasteiger partial charge in [-0.1, -0.05) is 0 Å². The zero-order valence-corrected chi connectivity index (χ0v) is 15.1. The average Bonchev–Trinajstić information content (AvgIpc) is 3.00. The first-order valence-corrected chi connectivity index (χ1v) is 8.93. The number of amides is 1. The van der Waals surface area contributed by atoms with Gasteiger partial charge in [0.2, 0.25) is 5.91 Å². The van der Waals surface area contributed by atoms with E-state index in [1.165, 1.54) is 24.3 Å². The Morgan fingerprint density at radius 3 is 2.68 bits per heavy atom. The number of hydrogen-bond acceptors (Lipinski definition) is 4. The Bertz CT molecular complexity index is 714. The smallest absolute Gasteiger partial charge is 0.246 e. The van der Waals surface area contributed by atoms with E-state index in [0.29, 0.717) is 24.7 Å². The Labute approximate surface area is 150 Å². The lowest BCUT2D eigenvalue weighted by atomic mass is 10.3. The number of carbonyl (C=O) groups excluding carboxylic acids is 1. The minimum atomic E-state index is -0.343. The predicted molar refractivity (Wildman–Crippen MR) is 99.6 cm³/mol. The van der Waals surface area contributed by atoms with Crippen molar-refractivity contribution in [1.29, 1.82) is 0 Å². The number of halogens is 1. The van der Waals surface area contributed by atoms with Crippen LogP contribution >= 0.6 is 11.3 Å². The Hall–Kier alpha value is -2.48. The second-order valence-corrected chi connectivity index (χ2v) is 6.35. The van der Waals surface area contributed by atoms with Crippen LogP contribution < -0.4 is 16.0 Å². The number of thiazole rings is 1. The number of nitrogens with zero attached hydrogens (tertiary/aromatic N) is 2. The summed E-state index contributed by atoms with van der Waals surface area (Å²) in [5, 5.41) is 12.0. The molecule has 0 atom stereocenters. The molecule has 25 heavy (non-hydrogen) atoms. The predicted octanol–water partition coefficient (Wildman–Crippen LogP) is 2.33. The standard InChI is InChI=1S/C17H22FN5OS/c1-3-19-17(20-9-8-15-11-25-12(2)22-15)21-10-16(24)23-14-6-4-13(18)5-7-14/h4-7,11H,3,8-10H2,1-2H3,(H,23,24)(H2,19,20,21). The van der Waals surface area contributed by atoms with Crippen molar-refractivity contribution in [2.45, 2.75) is 20.3 Å². The fourth-order valence-electron chi connectivity index (χ4n) is 2.06. The minimum absolute atomic E-state index is 0.0253. The van der Waals surface area contributed by atoms with Crippen molar-refractivity contribution in [2.24, 2.45) is 4.99 Å². The van der Waals surface area contributed by atoms with Gasteiger partial charge in [-0.2, -0.15) is 0 Å². The highest BCUT2D eigenvalue weighted by atomic mass is 32.1. The highest BCUT2D eigenvalue weighted by Gasteiger charge is 2.04. The molecule has 0 saturated heterocycles. The SMILES string of the molecule is CCNC(=NCC(=O)Nc1ccc(F)cc1)NCCc1csc(C)n1.